The molecule has 1 aliphatic rings. The van der Waals surface area contributed by atoms with Gasteiger partial charge in [0, 0.05) is 49.4 Å². The van der Waals surface area contributed by atoms with Gasteiger partial charge in [-0.15, -0.1) is 0 Å². The molecule has 132 valence electrons. The van der Waals surface area contributed by atoms with Gasteiger partial charge in [-0.1, -0.05) is 12.1 Å². The van der Waals surface area contributed by atoms with E-state index >= 15 is 0 Å². The van der Waals surface area contributed by atoms with Crippen LogP contribution >= 0.6 is 0 Å². The number of aromatic nitrogens is 3. The van der Waals surface area contributed by atoms with Crippen molar-refractivity contribution in [1.29, 1.82) is 0 Å². The average Bonchev–Trinajstić information content (AvgIpc) is 2.68. The van der Waals surface area contributed by atoms with Gasteiger partial charge in [-0.2, -0.15) is 0 Å². The summed E-state index contributed by atoms with van der Waals surface area (Å²) >= 11 is 0. The maximum Gasteiger partial charge on any atom is 0.217 e. The standard InChI is InChI=1S/C20H21N5O/c1-14(26)22-16-8-12-25(13-9-16)20-17-4-2-3-5-18(17)23-19(24-20)15-6-10-21-11-7-15/h2-7,10-11,16H,8-9,12-13H2,1H3,(H,22,26). The SMILES string of the molecule is CC(=O)NC1CCN(c2nc(-c3ccncc3)nc3ccccc23)CC1. The smallest absolute Gasteiger partial charge is 0.217 e. The number of benzene rings is 1. The molecule has 0 aliphatic carbocycles. The molecule has 3 heterocycles. The monoisotopic (exact) mass is 347 g/mol. The number of rotatable bonds is 3. The van der Waals surface area contributed by atoms with E-state index in [0.29, 0.717) is 5.82 Å². The van der Waals surface area contributed by atoms with Crippen molar-refractivity contribution in [1.82, 2.24) is 20.3 Å². The molecule has 4 rings (SSSR count). The molecule has 26 heavy (non-hydrogen) atoms. The Morgan fingerprint density at radius 3 is 2.54 bits per heavy atom. The van der Waals surface area contributed by atoms with Gasteiger partial charge in [0.2, 0.25) is 5.91 Å². The van der Waals surface area contributed by atoms with Crippen molar-refractivity contribution in [3.63, 3.8) is 0 Å². The zero-order valence-corrected chi connectivity index (χ0v) is 14.7. The maximum atomic E-state index is 11.3. The lowest BCUT2D eigenvalue weighted by molar-refractivity contribution is -0.119. The van der Waals surface area contributed by atoms with Crippen LogP contribution in [-0.2, 0) is 4.79 Å². The van der Waals surface area contributed by atoms with Crippen molar-refractivity contribution < 1.29 is 4.79 Å². The summed E-state index contributed by atoms with van der Waals surface area (Å²) in [6, 6.07) is 12.2. The molecule has 0 spiro atoms. The van der Waals surface area contributed by atoms with Crippen molar-refractivity contribution in [2.24, 2.45) is 0 Å². The average molecular weight is 347 g/mol. The predicted octanol–water partition coefficient (Wildman–Crippen LogP) is 2.80. The van der Waals surface area contributed by atoms with Crippen LogP contribution in [0, 0.1) is 0 Å². The normalized spacial score (nSPS) is 15.2. The second kappa shape index (κ2) is 7.07. The number of hydrogen-bond acceptors (Lipinski definition) is 5. The molecular formula is C20H21N5O. The Morgan fingerprint density at radius 1 is 1.08 bits per heavy atom. The Kier molecular flexibility index (Phi) is 4.48. The lowest BCUT2D eigenvalue weighted by Gasteiger charge is -2.33. The van der Waals surface area contributed by atoms with E-state index < -0.39 is 0 Å². The van der Waals surface area contributed by atoms with Crippen LogP contribution in [0.3, 0.4) is 0 Å². The number of piperidine rings is 1. The number of para-hydroxylation sites is 1. The molecule has 3 aromatic rings. The number of nitrogens with one attached hydrogen (secondary N) is 1. The fourth-order valence-corrected chi connectivity index (χ4v) is 3.45. The molecule has 0 bridgehead atoms. The highest BCUT2D eigenvalue weighted by atomic mass is 16.1. The quantitative estimate of drug-likeness (QED) is 0.789. The van der Waals surface area contributed by atoms with Gasteiger partial charge in [0.25, 0.3) is 0 Å². The molecule has 1 aliphatic heterocycles. The summed E-state index contributed by atoms with van der Waals surface area (Å²) in [4.78, 5) is 27.3. The highest BCUT2D eigenvalue weighted by molar-refractivity contribution is 5.91. The molecule has 1 aromatic carbocycles. The summed E-state index contributed by atoms with van der Waals surface area (Å²) in [7, 11) is 0. The van der Waals surface area contributed by atoms with Crippen molar-refractivity contribution >= 4 is 22.6 Å². The third-order valence-electron chi connectivity index (χ3n) is 4.72. The summed E-state index contributed by atoms with van der Waals surface area (Å²) in [5.74, 6) is 1.71. The Labute approximate surface area is 152 Å². The van der Waals surface area contributed by atoms with Gasteiger partial charge in [0.1, 0.15) is 5.82 Å². The van der Waals surface area contributed by atoms with E-state index in [1.165, 1.54) is 0 Å². The number of hydrogen-bond donors (Lipinski definition) is 1. The van der Waals surface area contributed by atoms with Gasteiger partial charge in [0.05, 0.1) is 5.52 Å². The van der Waals surface area contributed by atoms with Gasteiger partial charge in [-0.05, 0) is 37.1 Å². The van der Waals surface area contributed by atoms with Crippen molar-refractivity contribution in [2.45, 2.75) is 25.8 Å². The highest BCUT2D eigenvalue weighted by Gasteiger charge is 2.23. The minimum atomic E-state index is 0.0379. The highest BCUT2D eigenvalue weighted by Crippen LogP contribution is 2.29. The van der Waals surface area contributed by atoms with Crippen LogP contribution in [0.4, 0.5) is 5.82 Å². The van der Waals surface area contributed by atoms with Crippen LogP contribution in [0.25, 0.3) is 22.3 Å². The van der Waals surface area contributed by atoms with Crippen molar-refractivity contribution in [3.05, 3.63) is 48.8 Å². The van der Waals surface area contributed by atoms with Crippen molar-refractivity contribution in [3.8, 4) is 11.4 Å². The first-order chi connectivity index (χ1) is 12.7. The molecule has 6 nitrogen and oxygen atoms in total. The second-order valence-electron chi connectivity index (χ2n) is 6.59. The predicted molar refractivity (Wildman–Crippen MR) is 102 cm³/mol. The number of anilines is 1. The van der Waals surface area contributed by atoms with Crippen LogP contribution in [0.1, 0.15) is 19.8 Å². The van der Waals surface area contributed by atoms with Crippen LogP contribution in [0.2, 0.25) is 0 Å². The maximum absolute atomic E-state index is 11.3. The summed E-state index contributed by atoms with van der Waals surface area (Å²) in [6.45, 7) is 3.30. The molecular weight excluding hydrogens is 326 g/mol. The van der Waals surface area contributed by atoms with Gasteiger partial charge in [-0.25, -0.2) is 9.97 Å². The van der Waals surface area contributed by atoms with Crippen LogP contribution in [0.5, 0.6) is 0 Å². The zero-order chi connectivity index (χ0) is 17.9. The first-order valence-electron chi connectivity index (χ1n) is 8.90. The van der Waals surface area contributed by atoms with E-state index in [-0.39, 0.29) is 11.9 Å². The van der Waals surface area contributed by atoms with E-state index in [2.05, 4.69) is 21.3 Å². The molecule has 1 saturated heterocycles. The van der Waals surface area contributed by atoms with E-state index in [1.54, 1.807) is 19.3 Å². The first kappa shape index (κ1) is 16.4. The molecule has 0 unspecified atom stereocenters. The van der Waals surface area contributed by atoms with Crippen molar-refractivity contribution in [2.75, 3.05) is 18.0 Å². The number of fused-ring (bicyclic) bond motifs is 1. The third-order valence-corrected chi connectivity index (χ3v) is 4.72. The lowest BCUT2D eigenvalue weighted by atomic mass is 10.0. The largest absolute Gasteiger partial charge is 0.356 e. The van der Waals surface area contributed by atoms with Crippen LogP contribution < -0.4 is 10.2 Å². The van der Waals surface area contributed by atoms with Crippen LogP contribution in [-0.4, -0.2) is 40.0 Å². The molecule has 0 radical (unpaired) electrons. The first-order valence-corrected chi connectivity index (χ1v) is 8.90. The van der Waals surface area contributed by atoms with Crippen LogP contribution in [0.15, 0.2) is 48.8 Å². The molecule has 0 saturated carbocycles. The third kappa shape index (κ3) is 3.35. The number of pyridine rings is 1. The van der Waals surface area contributed by atoms with Gasteiger partial charge in [-0.3, -0.25) is 9.78 Å². The molecule has 6 heteroatoms. The van der Waals surface area contributed by atoms with Gasteiger partial charge in [0.15, 0.2) is 5.82 Å². The molecule has 1 N–H and O–H groups in total. The molecule has 1 amide bonds. The number of carbonyl (C=O) groups excluding carboxylic acids is 1. The Bertz CT molecular complexity index is 920. The summed E-state index contributed by atoms with van der Waals surface area (Å²) in [6.07, 6.45) is 5.35. The minimum Gasteiger partial charge on any atom is -0.356 e. The minimum absolute atomic E-state index is 0.0379. The topological polar surface area (TPSA) is 71.0 Å². The van der Waals surface area contributed by atoms with Gasteiger partial charge < -0.3 is 10.2 Å². The Morgan fingerprint density at radius 2 is 1.81 bits per heavy atom. The zero-order valence-electron chi connectivity index (χ0n) is 14.7. The summed E-state index contributed by atoms with van der Waals surface area (Å²) < 4.78 is 0. The van der Waals surface area contributed by atoms with E-state index in [4.69, 9.17) is 9.97 Å². The summed E-state index contributed by atoms with van der Waals surface area (Å²) in [5, 5.41) is 4.08. The van der Waals surface area contributed by atoms with Gasteiger partial charge >= 0.3 is 0 Å². The summed E-state index contributed by atoms with van der Waals surface area (Å²) in [5.41, 5.74) is 1.90. The second-order valence-corrected chi connectivity index (χ2v) is 6.59. The van der Waals surface area contributed by atoms with E-state index in [9.17, 15) is 4.79 Å². The molecule has 0 atom stereocenters. The number of carbonyl (C=O) groups is 1. The lowest BCUT2D eigenvalue weighted by Crippen LogP contribution is -2.44. The van der Waals surface area contributed by atoms with E-state index in [1.807, 2.05) is 30.3 Å². The molecule has 2 aromatic heterocycles. The number of amides is 1. The van der Waals surface area contributed by atoms with E-state index in [0.717, 1.165) is 48.2 Å². The fraction of sp³-hybridized carbons (Fsp3) is 0.300. The Balaban J connectivity index is 1.69. The molecule has 1 fully saturated rings. The fourth-order valence-electron chi connectivity index (χ4n) is 3.45. The number of nitrogens with zero attached hydrogens (tertiary/aromatic N) is 4. The Hall–Kier alpha value is -3.02.